The van der Waals surface area contributed by atoms with Gasteiger partial charge in [0.1, 0.15) is 11.3 Å². The van der Waals surface area contributed by atoms with Gasteiger partial charge in [-0.2, -0.15) is 0 Å². The lowest BCUT2D eigenvalue weighted by atomic mass is 10.1. The van der Waals surface area contributed by atoms with Gasteiger partial charge in [-0.25, -0.2) is 0 Å². The van der Waals surface area contributed by atoms with E-state index in [0.29, 0.717) is 6.54 Å². The molecule has 0 aliphatic carbocycles. The Morgan fingerprint density at radius 1 is 1.25 bits per heavy atom. The third-order valence-corrected chi connectivity index (χ3v) is 4.25. The minimum Gasteiger partial charge on any atom is -0.468 e. The van der Waals surface area contributed by atoms with E-state index >= 15 is 0 Å². The van der Waals surface area contributed by atoms with Crippen molar-refractivity contribution < 1.29 is 14.1 Å². The quantitative estimate of drug-likeness (QED) is 0.650. The molecule has 2 heterocycles. The number of hydrogen-bond acceptors (Lipinski definition) is 5. The summed E-state index contributed by atoms with van der Waals surface area (Å²) >= 11 is 0. The molecule has 1 fully saturated rings. The number of nitrogens with one attached hydrogen (secondary N) is 1. The molecule has 1 aromatic heterocycles. The summed E-state index contributed by atoms with van der Waals surface area (Å²) in [5, 5.41) is 13.9. The predicted molar refractivity (Wildman–Crippen MR) is 87.7 cm³/mol. The maximum absolute atomic E-state index is 12.4. The Kier molecular flexibility index (Phi) is 4.90. The Bertz CT molecular complexity index is 708. The number of nitrogens with zero attached hydrogens (tertiary/aromatic N) is 2. The first kappa shape index (κ1) is 16.2. The van der Waals surface area contributed by atoms with E-state index in [9.17, 15) is 14.9 Å². The molecule has 0 saturated carbocycles. The molecule has 1 unspecified atom stereocenters. The van der Waals surface area contributed by atoms with Crippen molar-refractivity contribution >= 4 is 11.6 Å². The van der Waals surface area contributed by atoms with Gasteiger partial charge in [0.25, 0.3) is 11.6 Å². The zero-order valence-electron chi connectivity index (χ0n) is 13.2. The molecule has 3 rings (SSSR count). The zero-order valence-corrected chi connectivity index (χ0v) is 13.2. The number of carbonyl (C=O) groups excluding carboxylic acids is 1. The molecule has 0 radical (unpaired) electrons. The fraction of sp³-hybridized carbons (Fsp3) is 0.353. The third-order valence-electron chi connectivity index (χ3n) is 4.25. The number of para-hydroxylation sites is 1. The van der Waals surface area contributed by atoms with Crippen molar-refractivity contribution in [3.8, 4) is 0 Å². The maximum Gasteiger partial charge on any atom is 0.282 e. The summed E-state index contributed by atoms with van der Waals surface area (Å²) in [7, 11) is 0. The Hall–Kier alpha value is -2.67. The Labute approximate surface area is 139 Å². The molecule has 1 aliphatic heterocycles. The topological polar surface area (TPSA) is 88.6 Å². The maximum atomic E-state index is 12.4. The minimum atomic E-state index is -0.542. The van der Waals surface area contributed by atoms with E-state index < -0.39 is 10.8 Å². The van der Waals surface area contributed by atoms with E-state index in [-0.39, 0.29) is 17.3 Å². The van der Waals surface area contributed by atoms with Crippen LogP contribution in [0, 0.1) is 10.1 Å². The van der Waals surface area contributed by atoms with E-state index in [1.807, 2.05) is 12.1 Å². The summed E-state index contributed by atoms with van der Waals surface area (Å²) in [6, 6.07) is 9.61. The van der Waals surface area contributed by atoms with Gasteiger partial charge >= 0.3 is 0 Å². The van der Waals surface area contributed by atoms with Crippen LogP contribution in [-0.4, -0.2) is 35.4 Å². The molecular formula is C17H19N3O4. The molecule has 7 heteroatoms. The molecule has 1 N–H and O–H groups in total. The Morgan fingerprint density at radius 3 is 2.67 bits per heavy atom. The van der Waals surface area contributed by atoms with Crippen molar-refractivity contribution in [3.63, 3.8) is 0 Å². The molecule has 0 bridgehead atoms. The van der Waals surface area contributed by atoms with E-state index in [0.717, 1.165) is 31.7 Å². The normalized spacial score (nSPS) is 16.0. The third kappa shape index (κ3) is 3.46. The highest BCUT2D eigenvalue weighted by molar-refractivity contribution is 5.98. The van der Waals surface area contributed by atoms with Crippen LogP contribution >= 0.6 is 0 Å². The first-order chi connectivity index (χ1) is 11.7. The van der Waals surface area contributed by atoms with Crippen molar-refractivity contribution in [2.24, 2.45) is 0 Å². The van der Waals surface area contributed by atoms with E-state index in [1.54, 1.807) is 18.4 Å². The van der Waals surface area contributed by atoms with Crippen molar-refractivity contribution in [1.82, 2.24) is 10.2 Å². The van der Waals surface area contributed by atoms with Gasteiger partial charge in [0.15, 0.2) is 0 Å². The first-order valence-electron chi connectivity index (χ1n) is 7.96. The SMILES string of the molecule is O=C(NCC(c1ccco1)N1CCCC1)c1ccccc1[N+](=O)[O-]. The molecule has 1 aliphatic rings. The highest BCUT2D eigenvalue weighted by Gasteiger charge is 2.27. The molecule has 2 aromatic rings. The lowest BCUT2D eigenvalue weighted by Crippen LogP contribution is -2.36. The van der Waals surface area contributed by atoms with Crippen LogP contribution in [0.5, 0.6) is 0 Å². The van der Waals surface area contributed by atoms with Crippen molar-refractivity contribution in [2.75, 3.05) is 19.6 Å². The predicted octanol–water partition coefficient (Wildman–Crippen LogP) is 2.75. The second kappa shape index (κ2) is 7.27. The summed E-state index contributed by atoms with van der Waals surface area (Å²) in [6.07, 6.45) is 3.85. The molecule has 0 spiro atoms. The molecule has 1 aromatic carbocycles. The summed E-state index contributed by atoms with van der Waals surface area (Å²) in [6.45, 7) is 2.25. The molecule has 24 heavy (non-hydrogen) atoms. The van der Waals surface area contributed by atoms with Gasteiger partial charge in [0.2, 0.25) is 0 Å². The van der Waals surface area contributed by atoms with Crippen molar-refractivity contribution in [2.45, 2.75) is 18.9 Å². The molecular weight excluding hydrogens is 310 g/mol. The zero-order chi connectivity index (χ0) is 16.9. The fourth-order valence-corrected chi connectivity index (χ4v) is 3.05. The van der Waals surface area contributed by atoms with Crippen LogP contribution in [-0.2, 0) is 0 Å². The van der Waals surface area contributed by atoms with Gasteiger partial charge in [-0.05, 0) is 44.1 Å². The van der Waals surface area contributed by atoms with Gasteiger partial charge in [-0.3, -0.25) is 19.8 Å². The Balaban J connectivity index is 1.73. The number of nitro groups is 1. The lowest BCUT2D eigenvalue weighted by Gasteiger charge is -2.25. The standard InChI is InChI=1S/C17H19N3O4/c21-17(13-6-1-2-7-14(13)20(22)23)18-12-15(16-8-5-11-24-16)19-9-3-4-10-19/h1-2,5-8,11,15H,3-4,9-10,12H2,(H,18,21). The molecule has 1 saturated heterocycles. The minimum absolute atomic E-state index is 0.0609. The largest absolute Gasteiger partial charge is 0.468 e. The fourth-order valence-electron chi connectivity index (χ4n) is 3.05. The van der Waals surface area contributed by atoms with Gasteiger partial charge in [-0.1, -0.05) is 12.1 Å². The number of rotatable bonds is 6. The highest BCUT2D eigenvalue weighted by atomic mass is 16.6. The van der Waals surface area contributed by atoms with E-state index in [4.69, 9.17) is 4.42 Å². The van der Waals surface area contributed by atoms with Crippen LogP contribution in [0.1, 0.15) is 35.0 Å². The van der Waals surface area contributed by atoms with Crippen LogP contribution in [0.4, 0.5) is 5.69 Å². The van der Waals surface area contributed by atoms with Gasteiger partial charge in [0.05, 0.1) is 17.2 Å². The average molecular weight is 329 g/mol. The number of hydrogen-bond donors (Lipinski definition) is 1. The van der Waals surface area contributed by atoms with E-state index in [1.165, 1.54) is 12.1 Å². The summed E-state index contributed by atoms with van der Waals surface area (Å²) in [5.74, 6) is 0.345. The monoisotopic (exact) mass is 329 g/mol. The Morgan fingerprint density at radius 2 is 2.00 bits per heavy atom. The van der Waals surface area contributed by atoms with Gasteiger partial charge in [-0.15, -0.1) is 0 Å². The van der Waals surface area contributed by atoms with Crippen LogP contribution < -0.4 is 5.32 Å². The first-order valence-corrected chi connectivity index (χ1v) is 7.96. The van der Waals surface area contributed by atoms with E-state index in [2.05, 4.69) is 10.2 Å². The average Bonchev–Trinajstić information content (AvgIpc) is 3.29. The molecule has 126 valence electrons. The summed E-state index contributed by atoms with van der Waals surface area (Å²) in [4.78, 5) is 25.2. The van der Waals surface area contributed by atoms with Crippen LogP contribution in [0.15, 0.2) is 47.1 Å². The number of benzene rings is 1. The molecule has 7 nitrogen and oxygen atoms in total. The molecule has 1 amide bonds. The number of nitro benzene ring substituents is 1. The lowest BCUT2D eigenvalue weighted by molar-refractivity contribution is -0.385. The van der Waals surface area contributed by atoms with Crippen molar-refractivity contribution in [3.05, 3.63) is 64.1 Å². The number of likely N-dealkylation sites (tertiary alicyclic amines) is 1. The molecule has 1 atom stereocenters. The van der Waals surface area contributed by atoms with Crippen LogP contribution in [0.25, 0.3) is 0 Å². The second-order valence-corrected chi connectivity index (χ2v) is 5.76. The van der Waals surface area contributed by atoms with Crippen LogP contribution in [0.2, 0.25) is 0 Å². The van der Waals surface area contributed by atoms with Crippen LogP contribution in [0.3, 0.4) is 0 Å². The van der Waals surface area contributed by atoms with Gasteiger partial charge < -0.3 is 9.73 Å². The number of amides is 1. The second-order valence-electron chi connectivity index (χ2n) is 5.76. The summed E-state index contributed by atoms with van der Waals surface area (Å²) < 4.78 is 5.51. The van der Waals surface area contributed by atoms with Crippen molar-refractivity contribution in [1.29, 1.82) is 0 Å². The highest BCUT2D eigenvalue weighted by Crippen LogP contribution is 2.25. The number of carbonyl (C=O) groups is 1. The number of furan rings is 1. The summed E-state index contributed by atoms with van der Waals surface area (Å²) in [5.41, 5.74) is -0.118. The smallest absolute Gasteiger partial charge is 0.282 e. The van der Waals surface area contributed by atoms with Gasteiger partial charge in [0, 0.05) is 12.6 Å².